The zero-order chi connectivity index (χ0) is 17.8. The highest BCUT2D eigenvalue weighted by atomic mass is 16.2. The predicted molar refractivity (Wildman–Crippen MR) is 96.3 cm³/mol. The van der Waals surface area contributed by atoms with Crippen molar-refractivity contribution in [3.05, 3.63) is 29.6 Å². The third-order valence-corrected chi connectivity index (χ3v) is 5.25. The minimum Gasteiger partial charge on any atom is -0.339 e. The van der Waals surface area contributed by atoms with E-state index in [0.717, 1.165) is 38.2 Å². The van der Waals surface area contributed by atoms with Crippen LogP contribution >= 0.6 is 0 Å². The van der Waals surface area contributed by atoms with Crippen molar-refractivity contribution in [3.63, 3.8) is 0 Å². The Labute approximate surface area is 149 Å². The van der Waals surface area contributed by atoms with Crippen LogP contribution in [0.3, 0.4) is 0 Å². The highest BCUT2D eigenvalue weighted by Gasteiger charge is 2.27. The van der Waals surface area contributed by atoms with Crippen molar-refractivity contribution in [1.82, 2.24) is 19.7 Å². The first-order valence-corrected chi connectivity index (χ1v) is 9.29. The quantitative estimate of drug-likeness (QED) is 0.835. The molecule has 1 aromatic rings. The van der Waals surface area contributed by atoms with Gasteiger partial charge in [0.15, 0.2) is 0 Å². The second-order valence-electron chi connectivity index (χ2n) is 7.16. The van der Waals surface area contributed by atoms with E-state index in [-0.39, 0.29) is 11.8 Å². The summed E-state index contributed by atoms with van der Waals surface area (Å²) in [7, 11) is 0. The molecule has 1 unspecified atom stereocenters. The Balaban J connectivity index is 1.50. The average molecular weight is 344 g/mol. The Kier molecular flexibility index (Phi) is 5.68. The topological polar surface area (TPSA) is 56.8 Å². The molecule has 1 atom stereocenters. The molecule has 2 saturated heterocycles. The summed E-state index contributed by atoms with van der Waals surface area (Å²) in [6.07, 6.45) is 3.44. The van der Waals surface area contributed by atoms with Gasteiger partial charge in [0.25, 0.3) is 5.91 Å². The molecule has 0 radical (unpaired) electrons. The minimum absolute atomic E-state index is 0.0145. The van der Waals surface area contributed by atoms with Crippen LogP contribution in [-0.4, -0.2) is 76.8 Å². The van der Waals surface area contributed by atoms with Gasteiger partial charge in [0.1, 0.15) is 5.69 Å². The molecular formula is C19H28N4O2. The van der Waals surface area contributed by atoms with E-state index in [4.69, 9.17) is 0 Å². The summed E-state index contributed by atoms with van der Waals surface area (Å²) in [6.45, 7) is 8.17. The first-order valence-electron chi connectivity index (χ1n) is 9.29. The number of hydrogen-bond acceptors (Lipinski definition) is 4. The molecule has 2 fully saturated rings. The van der Waals surface area contributed by atoms with Crippen molar-refractivity contribution in [2.24, 2.45) is 0 Å². The Morgan fingerprint density at radius 2 is 1.88 bits per heavy atom. The van der Waals surface area contributed by atoms with E-state index >= 15 is 0 Å². The van der Waals surface area contributed by atoms with Gasteiger partial charge >= 0.3 is 0 Å². The molecule has 0 aliphatic carbocycles. The van der Waals surface area contributed by atoms with Crippen LogP contribution in [0.5, 0.6) is 0 Å². The molecule has 3 rings (SSSR count). The SMILES string of the molecule is Cc1cccc(C(=O)N2CCN(CC(=O)N3CCCCC3C)CC2)n1. The Morgan fingerprint density at radius 3 is 2.56 bits per heavy atom. The van der Waals surface area contributed by atoms with Crippen LogP contribution < -0.4 is 0 Å². The second kappa shape index (κ2) is 7.95. The number of hydrogen-bond donors (Lipinski definition) is 0. The Bertz CT molecular complexity index is 626. The van der Waals surface area contributed by atoms with E-state index in [0.29, 0.717) is 31.4 Å². The molecule has 0 bridgehead atoms. The minimum atomic E-state index is -0.0145. The monoisotopic (exact) mass is 344 g/mol. The fourth-order valence-corrected chi connectivity index (χ4v) is 3.68. The van der Waals surface area contributed by atoms with E-state index in [1.807, 2.05) is 28.9 Å². The van der Waals surface area contributed by atoms with Crippen LogP contribution in [0.4, 0.5) is 0 Å². The van der Waals surface area contributed by atoms with Gasteiger partial charge in [-0.25, -0.2) is 4.98 Å². The fraction of sp³-hybridized carbons (Fsp3) is 0.632. The summed E-state index contributed by atoms with van der Waals surface area (Å²) in [5, 5.41) is 0. The maximum Gasteiger partial charge on any atom is 0.272 e. The van der Waals surface area contributed by atoms with Gasteiger partial charge in [-0.15, -0.1) is 0 Å². The Morgan fingerprint density at radius 1 is 1.12 bits per heavy atom. The van der Waals surface area contributed by atoms with Gasteiger partial charge < -0.3 is 9.80 Å². The molecule has 6 nitrogen and oxygen atoms in total. The molecular weight excluding hydrogens is 316 g/mol. The van der Waals surface area contributed by atoms with Crippen LogP contribution in [0.1, 0.15) is 42.4 Å². The average Bonchev–Trinajstić information content (AvgIpc) is 2.62. The summed E-state index contributed by atoms with van der Waals surface area (Å²) < 4.78 is 0. The number of likely N-dealkylation sites (tertiary alicyclic amines) is 1. The van der Waals surface area contributed by atoms with E-state index in [9.17, 15) is 9.59 Å². The highest BCUT2D eigenvalue weighted by Crippen LogP contribution is 2.17. The fourth-order valence-electron chi connectivity index (χ4n) is 3.68. The molecule has 25 heavy (non-hydrogen) atoms. The molecule has 2 aliphatic heterocycles. The number of piperidine rings is 1. The van der Waals surface area contributed by atoms with Crippen molar-refractivity contribution in [1.29, 1.82) is 0 Å². The molecule has 6 heteroatoms. The predicted octanol–water partition coefficient (Wildman–Crippen LogP) is 1.55. The van der Waals surface area contributed by atoms with Crippen LogP contribution in [-0.2, 0) is 4.79 Å². The van der Waals surface area contributed by atoms with Gasteiger partial charge in [0.2, 0.25) is 5.91 Å². The highest BCUT2D eigenvalue weighted by molar-refractivity contribution is 5.92. The number of carbonyl (C=O) groups is 2. The lowest BCUT2D eigenvalue weighted by Gasteiger charge is -2.38. The van der Waals surface area contributed by atoms with E-state index in [1.54, 1.807) is 6.07 Å². The molecule has 2 amide bonds. The van der Waals surface area contributed by atoms with E-state index in [2.05, 4.69) is 16.8 Å². The zero-order valence-corrected chi connectivity index (χ0v) is 15.3. The third kappa shape index (κ3) is 4.37. The lowest BCUT2D eigenvalue weighted by atomic mass is 10.0. The maximum atomic E-state index is 12.5. The van der Waals surface area contributed by atoms with Crippen LogP contribution in [0, 0.1) is 6.92 Å². The van der Waals surface area contributed by atoms with Crippen molar-refractivity contribution in [3.8, 4) is 0 Å². The molecule has 0 aromatic carbocycles. The van der Waals surface area contributed by atoms with Crippen LogP contribution in [0.2, 0.25) is 0 Å². The molecule has 0 spiro atoms. The van der Waals surface area contributed by atoms with Gasteiger partial charge in [0, 0.05) is 44.5 Å². The van der Waals surface area contributed by atoms with Gasteiger partial charge in [-0.05, 0) is 45.2 Å². The summed E-state index contributed by atoms with van der Waals surface area (Å²) in [5.74, 6) is 0.214. The number of amides is 2. The third-order valence-electron chi connectivity index (χ3n) is 5.25. The van der Waals surface area contributed by atoms with Gasteiger partial charge in [-0.3, -0.25) is 14.5 Å². The number of aryl methyl sites for hydroxylation is 1. The van der Waals surface area contributed by atoms with Gasteiger partial charge in [0.05, 0.1) is 6.54 Å². The maximum absolute atomic E-state index is 12.5. The van der Waals surface area contributed by atoms with E-state index in [1.165, 1.54) is 6.42 Å². The summed E-state index contributed by atoms with van der Waals surface area (Å²) >= 11 is 0. The molecule has 0 N–H and O–H groups in total. The molecule has 2 aliphatic rings. The number of carbonyl (C=O) groups excluding carboxylic acids is 2. The molecule has 3 heterocycles. The van der Waals surface area contributed by atoms with Crippen molar-refractivity contribution in [2.75, 3.05) is 39.3 Å². The number of nitrogens with zero attached hydrogens (tertiary/aromatic N) is 4. The molecule has 0 saturated carbocycles. The largest absolute Gasteiger partial charge is 0.339 e. The lowest BCUT2D eigenvalue weighted by Crippen LogP contribution is -2.53. The van der Waals surface area contributed by atoms with Gasteiger partial charge in [-0.1, -0.05) is 6.07 Å². The van der Waals surface area contributed by atoms with E-state index < -0.39 is 0 Å². The first kappa shape index (κ1) is 17.9. The normalized spacial score (nSPS) is 22.1. The smallest absolute Gasteiger partial charge is 0.272 e. The molecule has 136 valence electrons. The Hall–Kier alpha value is -1.95. The zero-order valence-electron chi connectivity index (χ0n) is 15.3. The number of aromatic nitrogens is 1. The van der Waals surface area contributed by atoms with Crippen LogP contribution in [0.15, 0.2) is 18.2 Å². The van der Waals surface area contributed by atoms with Crippen LogP contribution in [0.25, 0.3) is 0 Å². The number of piperazine rings is 1. The second-order valence-corrected chi connectivity index (χ2v) is 7.16. The van der Waals surface area contributed by atoms with Gasteiger partial charge in [-0.2, -0.15) is 0 Å². The van der Waals surface area contributed by atoms with Crippen molar-refractivity contribution in [2.45, 2.75) is 39.2 Å². The summed E-state index contributed by atoms with van der Waals surface area (Å²) in [4.78, 5) is 35.4. The standard InChI is InChI=1S/C19H28N4O2/c1-15-6-5-8-17(20-15)19(25)22-12-10-21(11-13-22)14-18(24)23-9-4-3-7-16(23)2/h5-6,8,16H,3-4,7,9-14H2,1-2H3. The lowest BCUT2D eigenvalue weighted by molar-refractivity contribution is -0.136. The van der Waals surface area contributed by atoms with Crippen molar-refractivity contribution >= 4 is 11.8 Å². The first-order chi connectivity index (χ1) is 12.0. The summed E-state index contributed by atoms with van der Waals surface area (Å²) in [6, 6.07) is 5.88. The molecule has 1 aromatic heterocycles. The summed E-state index contributed by atoms with van der Waals surface area (Å²) in [5.41, 5.74) is 1.36. The number of pyridine rings is 1. The van der Waals surface area contributed by atoms with Crippen molar-refractivity contribution < 1.29 is 9.59 Å². The number of rotatable bonds is 3.